The number of thioether (sulfide) groups is 2. The molecule has 2 saturated heterocycles. The molecule has 0 spiro atoms. The predicted octanol–water partition coefficient (Wildman–Crippen LogP) is 3.67. The van der Waals surface area contributed by atoms with Crippen molar-refractivity contribution < 1.29 is 14.3 Å². The highest BCUT2D eigenvalue weighted by molar-refractivity contribution is 8.16. The summed E-state index contributed by atoms with van der Waals surface area (Å²) in [6.45, 7) is 3.87. The Labute approximate surface area is 210 Å². The number of hydrogen-bond acceptors (Lipinski definition) is 6. The SMILES string of the molecule is O=C(COc1ccc(C2SCCCS2)cc1)N1CCN(CC(=O)N2CCc3ccccc32)CC1. The summed E-state index contributed by atoms with van der Waals surface area (Å²) < 4.78 is 6.28. The number of carbonyl (C=O) groups is 2. The van der Waals surface area contributed by atoms with E-state index in [9.17, 15) is 9.59 Å². The van der Waals surface area contributed by atoms with Crippen molar-refractivity contribution in [3.8, 4) is 5.75 Å². The summed E-state index contributed by atoms with van der Waals surface area (Å²) in [6.07, 6.45) is 2.21. The first-order chi connectivity index (χ1) is 16.7. The van der Waals surface area contributed by atoms with Crippen molar-refractivity contribution >= 4 is 41.0 Å². The van der Waals surface area contributed by atoms with Gasteiger partial charge in [-0.05, 0) is 53.7 Å². The van der Waals surface area contributed by atoms with E-state index in [1.807, 2.05) is 63.7 Å². The molecule has 8 heteroatoms. The number of fused-ring (bicyclic) bond motifs is 1. The fourth-order valence-electron chi connectivity index (χ4n) is 4.67. The second-order valence-corrected chi connectivity index (χ2v) is 11.6. The lowest BCUT2D eigenvalue weighted by molar-refractivity contribution is -0.135. The number of rotatable bonds is 6. The van der Waals surface area contributed by atoms with Crippen LogP contribution in [0.15, 0.2) is 48.5 Å². The van der Waals surface area contributed by atoms with Gasteiger partial charge in [-0.3, -0.25) is 14.5 Å². The van der Waals surface area contributed by atoms with Crippen LogP contribution in [0, 0.1) is 0 Å². The van der Waals surface area contributed by atoms with E-state index < -0.39 is 0 Å². The van der Waals surface area contributed by atoms with Crippen LogP contribution in [-0.4, -0.2) is 79.0 Å². The highest BCUT2D eigenvalue weighted by Gasteiger charge is 2.28. The normalized spacial score (nSPS) is 19.2. The first-order valence-corrected chi connectivity index (χ1v) is 14.1. The lowest BCUT2D eigenvalue weighted by Gasteiger charge is -2.35. The molecule has 0 aromatic heterocycles. The first-order valence-electron chi connectivity index (χ1n) is 12.0. The minimum absolute atomic E-state index is 0.00177. The number of amides is 2. The molecule has 3 heterocycles. The van der Waals surface area contributed by atoms with Gasteiger partial charge < -0.3 is 14.5 Å². The van der Waals surface area contributed by atoms with Gasteiger partial charge >= 0.3 is 0 Å². The van der Waals surface area contributed by atoms with Crippen molar-refractivity contribution in [2.45, 2.75) is 17.4 Å². The van der Waals surface area contributed by atoms with Gasteiger partial charge in [0.1, 0.15) is 5.75 Å². The molecule has 0 saturated carbocycles. The molecule has 0 aliphatic carbocycles. The topological polar surface area (TPSA) is 53.1 Å². The summed E-state index contributed by atoms with van der Waals surface area (Å²) in [4.78, 5) is 31.4. The van der Waals surface area contributed by atoms with Crippen LogP contribution in [0.3, 0.4) is 0 Å². The van der Waals surface area contributed by atoms with Crippen LogP contribution in [0.2, 0.25) is 0 Å². The van der Waals surface area contributed by atoms with Gasteiger partial charge in [0.25, 0.3) is 5.91 Å². The third kappa shape index (κ3) is 5.56. The average molecular weight is 498 g/mol. The molecule has 0 atom stereocenters. The maximum absolute atomic E-state index is 12.9. The van der Waals surface area contributed by atoms with Crippen molar-refractivity contribution in [1.29, 1.82) is 0 Å². The van der Waals surface area contributed by atoms with Gasteiger partial charge in [0.05, 0.1) is 11.1 Å². The molecule has 0 radical (unpaired) electrons. The quantitative estimate of drug-likeness (QED) is 0.607. The minimum Gasteiger partial charge on any atom is -0.484 e. The van der Waals surface area contributed by atoms with Crippen LogP contribution in [0.5, 0.6) is 5.75 Å². The van der Waals surface area contributed by atoms with Crippen molar-refractivity contribution in [2.75, 3.05) is 62.3 Å². The van der Waals surface area contributed by atoms with Crippen LogP contribution < -0.4 is 9.64 Å². The molecular formula is C26H31N3O3S2. The summed E-state index contributed by atoms with van der Waals surface area (Å²) in [7, 11) is 0. The molecule has 2 amide bonds. The predicted molar refractivity (Wildman–Crippen MR) is 140 cm³/mol. The van der Waals surface area contributed by atoms with Gasteiger partial charge in [0.2, 0.25) is 5.91 Å². The fourth-order valence-corrected chi connectivity index (χ4v) is 7.56. The summed E-state index contributed by atoms with van der Waals surface area (Å²) in [5, 5.41) is 0. The zero-order chi connectivity index (χ0) is 23.3. The van der Waals surface area contributed by atoms with Gasteiger partial charge in [0.15, 0.2) is 6.61 Å². The molecule has 0 N–H and O–H groups in total. The number of hydrogen-bond donors (Lipinski definition) is 0. The average Bonchev–Trinajstić information content (AvgIpc) is 3.33. The minimum atomic E-state index is 0.00177. The van der Waals surface area contributed by atoms with Crippen molar-refractivity contribution in [3.05, 3.63) is 59.7 Å². The van der Waals surface area contributed by atoms with Crippen LogP contribution >= 0.6 is 23.5 Å². The molecule has 34 heavy (non-hydrogen) atoms. The summed E-state index contributed by atoms with van der Waals surface area (Å²) in [5.41, 5.74) is 3.60. The second-order valence-electron chi connectivity index (χ2n) is 8.87. The van der Waals surface area contributed by atoms with Crippen LogP contribution in [0.4, 0.5) is 5.69 Å². The first kappa shape index (κ1) is 23.6. The molecule has 0 bridgehead atoms. The molecule has 6 nitrogen and oxygen atoms in total. The maximum Gasteiger partial charge on any atom is 0.260 e. The van der Waals surface area contributed by atoms with E-state index in [0.29, 0.717) is 37.3 Å². The Hall–Kier alpha value is -2.16. The molecular weight excluding hydrogens is 466 g/mol. The smallest absolute Gasteiger partial charge is 0.260 e. The molecule has 2 fully saturated rings. The monoisotopic (exact) mass is 497 g/mol. The summed E-state index contributed by atoms with van der Waals surface area (Å²) in [6, 6.07) is 16.3. The molecule has 2 aromatic rings. The van der Waals surface area contributed by atoms with Gasteiger partial charge in [-0.25, -0.2) is 0 Å². The Morgan fingerprint density at radius 1 is 0.882 bits per heavy atom. The zero-order valence-corrected chi connectivity index (χ0v) is 21.0. The van der Waals surface area contributed by atoms with Gasteiger partial charge in [-0.2, -0.15) is 0 Å². The van der Waals surface area contributed by atoms with E-state index in [1.165, 1.54) is 29.1 Å². The molecule has 2 aromatic carbocycles. The zero-order valence-electron chi connectivity index (χ0n) is 19.4. The molecule has 3 aliphatic rings. The number of anilines is 1. The van der Waals surface area contributed by atoms with E-state index in [1.54, 1.807) is 0 Å². The summed E-state index contributed by atoms with van der Waals surface area (Å²) >= 11 is 4.00. The third-order valence-corrected chi connectivity index (χ3v) is 9.63. The van der Waals surface area contributed by atoms with E-state index in [-0.39, 0.29) is 18.4 Å². The van der Waals surface area contributed by atoms with E-state index in [0.717, 1.165) is 24.4 Å². The number of carbonyl (C=O) groups excluding carboxylic acids is 2. The largest absolute Gasteiger partial charge is 0.484 e. The molecule has 5 rings (SSSR count). The van der Waals surface area contributed by atoms with Crippen molar-refractivity contribution in [3.63, 3.8) is 0 Å². The number of ether oxygens (including phenoxy) is 1. The van der Waals surface area contributed by atoms with Gasteiger partial charge in [0, 0.05) is 38.4 Å². The van der Waals surface area contributed by atoms with Gasteiger partial charge in [-0.1, -0.05) is 30.3 Å². The Balaban J connectivity index is 1.05. The molecule has 0 unspecified atom stereocenters. The van der Waals surface area contributed by atoms with Crippen molar-refractivity contribution in [1.82, 2.24) is 9.80 Å². The Morgan fingerprint density at radius 3 is 2.38 bits per heavy atom. The Kier molecular flexibility index (Phi) is 7.67. The Bertz CT molecular complexity index is 1000. The lowest BCUT2D eigenvalue weighted by atomic mass is 10.2. The highest BCUT2D eigenvalue weighted by Crippen LogP contribution is 2.43. The third-order valence-electron chi connectivity index (χ3n) is 6.61. The number of piperazine rings is 1. The summed E-state index contributed by atoms with van der Waals surface area (Å²) in [5.74, 6) is 3.32. The van der Waals surface area contributed by atoms with Crippen LogP contribution in [0.25, 0.3) is 0 Å². The van der Waals surface area contributed by atoms with Gasteiger partial charge in [-0.15, -0.1) is 23.5 Å². The van der Waals surface area contributed by atoms with E-state index in [2.05, 4.69) is 23.1 Å². The van der Waals surface area contributed by atoms with Crippen LogP contribution in [0.1, 0.15) is 22.1 Å². The second kappa shape index (κ2) is 11.1. The van der Waals surface area contributed by atoms with Crippen molar-refractivity contribution in [2.24, 2.45) is 0 Å². The molecule has 180 valence electrons. The standard InChI is InChI=1S/C26H31N3O3S2/c30-24(29-11-10-20-4-1-2-5-23(20)29)18-27-12-14-28(15-13-27)25(31)19-32-22-8-6-21(7-9-22)26-33-16-3-17-34-26/h1-2,4-9,26H,3,10-19H2. The lowest BCUT2D eigenvalue weighted by Crippen LogP contribution is -2.52. The fraction of sp³-hybridized carbons (Fsp3) is 0.462. The maximum atomic E-state index is 12.9. The number of nitrogens with zero attached hydrogens (tertiary/aromatic N) is 3. The molecule has 3 aliphatic heterocycles. The Morgan fingerprint density at radius 2 is 1.62 bits per heavy atom. The number of benzene rings is 2. The van der Waals surface area contributed by atoms with E-state index in [4.69, 9.17) is 4.74 Å². The van der Waals surface area contributed by atoms with E-state index >= 15 is 0 Å². The van der Waals surface area contributed by atoms with Crippen LogP contribution in [-0.2, 0) is 16.0 Å². The highest BCUT2D eigenvalue weighted by atomic mass is 32.2. The number of para-hydroxylation sites is 1.